The molecule has 1 aromatic carbocycles. The Morgan fingerprint density at radius 1 is 1.05 bits per heavy atom. The Morgan fingerprint density at radius 3 is 2.30 bits per heavy atom. The van der Waals surface area contributed by atoms with Crippen LogP contribution in [0.2, 0.25) is 0 Å². The highest BCUT2D eigenvalue weighted by molar-refractivity contribution is 6.51. The quantitative estimate of drug-likeness (QED) is 0.777. The molecular weight excluding hydrogens is 252 g/mol. The van der Waals surface area contributed by atoms with Gasteiger partial charge < -0.3 is 10.2 Å². The molecule has 0 spiro atoms. The number of carbonyl (C=O) groups excluding carboxylic acids is 2. The number of nitrogens with one attached hydrogen (secondary N) is 1. The van der Waals surface area contributed by atoms with Gasteiger partial charge in [-0.2, -0.15) is 0 Å². The molecule has 0 aliphatic carbocycles. The predicted molar refractivity (Wildman–Crippen MR) is 81.4 cm³/mol. The molecule has 20 heavy (non-hydrogen) atoms. The summed E-state index contributed by atoms with van der Waals surface area (Å²) in [5, 5.41) is 2.64. The molecule has 1 amide bonds. The number of amides is 1. The summed E-state index contributed by atoms with van der Waals surface area (Å²) in [5.41, 5.74) is 2.22. The smallest absolute Gasteiger partial charge is 0.296 e. The largest absolute Gasteiger partial charge is 0.371 e. The van der Waals surface area contributed by atoms with Crippen LogP contribution in [0.25, 0.3) is 0 Å². The molecule has 0 radical (unpaired) electrons. The van der Waals surface area contributed by atoms with Crippen LogP contribution in [-0.2, 0) is 4.79 Å². The Hall–Kier alpha value is -1.84. The van der Waals surface area contributed by atoms with E-state index in [1.165, 1.54) is 0 Å². The molecule has 0 fully saturated rings. The van der Waals surface area contributed by atoms with Crippen LogP contribution in [0.5, 0.6) is 0 Å². The molecular formula is C16H22N2O2. The molecule has 0 saturated carbocycles. The normalized spacial score (nSPS) is 13.3. The zero-order chi connectivity index (χ0) is 14.5. The van der Waals surface area contributed by atoms with Crippen LogP contribution < -0.4 is 10.2 Å². The fourth-order valence-corrected chi connectivity index (χ4v) is 2.40. The van der Waals surface area contributed by atoms with Crippen molar-refractivity contribution in [1.82, 2.24) is 0 Å². The van der Waals surface area contributed by atoms with E-state index in [9.17, 15) is 9.59 Å². The van der Waals surface area contributed by atoms with Gasteiger partial charge in [0.25, 0.3) is 11.7 Å². The molecule has 0 atom stereocenters. The van der Waals surface area contributed by atoms with Crippen LogP contribution in [0.3, 0.4) is 0 Å². The van der Waals surface area contributed by atoms with Crippen molar-refractivity contribution in [3.05, 3.63) is 23.8 Å². The topological polar surface area (TPSA) is 49.4 Å². The predicted octanol–water partition coefficient (Wildman–Crippen LogP) is 3.23. The fourth-order valence-electron chi connectivity index (χ4n) is 2.40. The van der Waals surface area contributed by atoms with Crippen molar-refractivity contribution in [2.45, 2.75) is 39.5 Å². The number of anilines is 2. The average molecular weight is 274 g/mol. The molecule has 0 saturated heterocycles. The van der Waals surface area contributed by atoms with Crippen molar-refractivity contribution in [3.8, 4) is 0 Å². The van der Waals surface area contributed by atoms with E-state index in [0.717, 1.165) is 44.5 Å². The number of unbranched alkanes of at least 4 members (excludes halogenated alkanes) is 2. The summed E-state index contributed by atoms with van der Waals surface area (Å²) >= 11 is 0. The van der Waals surface area contributed by atoms with Gasteiger partial charge in [-0.15, -0.1) is 0 Å². The first kappa shape index (κ1) is 14.6. The molecule has 2 rings (SSSR count). The molecule has 4 heteroatoms. The van der Waals surface area contributed by atoms with E-state index in [2.05, 4.69) is 24.1 Å². The number of benzene rings is 1. The van der Waals surface area contributed by atoms with E-state index < -0.39 is 11.7 Å². The lowest BCUT2D eigenvalue weighted by Gasteiger charge is -2.25. The number of fused-ring (bicyclic) bond motifs is 1. The molecule has 1 heterocycles. The lowest BCUT2D eigenvalue weighted by atomic mass is 10.1. The average Bonchev–Trinajstić information content (AvgIpc) is 2.74. The fraction of sp³-hybridized carbons (Fsp3) is 0.500. The molecule has 1 N–H and O–H groups in total. The third kappa shape index (κ3) is 3.00. The molecule has 0 bridgehead atoms. The summed E-state index contributed by atoms with van der Waals surface area (Å²) in [6.45, 7) is 6.38. The Labute approximate surface area is 120 Å². The number of nitrogens with zero attached hydrogens (tertiary/aromatic N) is 1. The molecule has 4 nitrogen and oxygen atoms in total. The number of hydrogen-bond donors (Lipinski definition) is 1. The number of carbonyl (C=O) groups is 2. The van der Waals surface area contributed by atoms with Crippen LogP contribution in [0.4, 0.5) is 11.4 Å². The SMILES string of the molecule is CCCCN(CCCC)c1ccc2c(c1)NC(=O)C2=O. The van der Waals surface area contributed by atoms with Gasteiger partial charge in [-0.05, 0) is 31.0 Å². The Balaban J connectivity index is 2.19. The van der Waals surface area contributed by atoms with Crippen molar-refractivity contribution >= 4 is 23.1 Å². The van der Waals surface area contributed by atoms with Crippen LogP contribution in [0.1, 0.15) is 49.9 Å². The van der Waals surface area contributed by atoms with Gasteiger partial charge >= 0.3 is 0 Å². The molecule has 1 aliphatic heterocycles. The second-order valence-corrected chi connectivity index (χ2v) is 5.21. The number of ketones is 1. The van der Waals surface area contributed by atoms with Gasteiger partial charge in [-0.25, -0.2) is 0 Å². The van der Waals surface area contributed by atoms with Gasteiger partial charge in [-0.3, -0.25) is 9.59 Å². The van der Waals surface area contributed by atoms with E-state index >= 15 is 0 Å². The Morgan fingerprint density at radius 2 is 1.70 bits per heavy atom. The first-order valence-corrected chi connectivity index (χ1v) is 7.42. The van der Waals surface area contributed by atoms with Crippen molar-refractivity contribution in [1.29, 1.82) is 0 Å². The van der Waals surface area contributed by atoms with Gasteiger partial charge in [0.15, 0.2) is 0 Å². The van der Waals surface area contributed by atoms with E-state index in [-0.39, 0.29) is 0 Å². The summed E-state index contributed by atoms with van der Waals surface area (Å²) < 4.78 is 0. The van der Waals surface area contributed by atoms with E-state index in [0.29, 0.717) is 11.3 Å². The van der Waals surface area contributed by atoms with Crippen molar-refractivity contribution < 1.29 is 9.59 Å². The number of Topliss-reactive ketones (excluding diaryl/α,β-unsaturated/α-hetero) is 1. The monoisotopic (exact) mass is 274 g/mol. The van der Waals surface area contributed by atoms with E-state index in [4.69, 9.17) is 0 Å². The highest BCUT2D eigenvalue weighted by atomic mass is 16.2. The Kier molecular flexibility index (Phi) is 4.77. The first-order valence-electron chi connectivity index (χ1n) is 7.42. The summed E-state index contributed by atoms with van der Waals surface area (Å²) in [5.74, 6) is -0.953. The third-order valence-electron chi connectivity index (χ3n) is 3.63. The van der Waals surface area contributed by atoms with Crippen LogP contribution in [0, 0.1) is 0 Å². The zero-order valence-electron chi connectivity index (χ0n) is 12.2. The second kappa shape index (κ2) is 6.55. The maximum absolute atomic E-state index is 11.6. The Bertz CT molecular complexity index is 503. The molecule has 0 unspecified atom stereocenters. The summed E-state index contributed by atoms with van der Waals surface area (Å²) in [6, 6.07) is 5.63. The van der Waals surface area contributed by atoms with Crippen molar-refractivity contribution in [3.63, 3.8) is 0 Å². The minimum absolute atomic E-state index is 0.430. The van der Waals surface area contributed by atoms with E-state index in [1.807, 2.05) is 12.1 Å². The minimum atomic E-state index is -0.522. The van der Waals surface area contributed by atoms with E-state index in [1.54, 1.807) is 6.07 Å². The van der Waals surface area contributed by atoms with Gasteiger partial charge in [0.05, 0.1) is 11.3 Å². The lowest BCUT2D eigenvalue weighted by molar-refractivity contribution is -0.112. The van der Waals surface area contributed by atoms with Crippen LogP contribution in [0.15, 0.2) is 18.2 Å². The van der Waals surface area contributed by atoms with Crippen LogP contribution in [-0.4, -0.2) is 24.8 Å². The number of hydrogen-bond acceptors (Lipinski definition) is 3. The van der Waals surface area contributed by atoms with Gasteiger partial charge in [0.2, 0.25) is 0 Å². The minimum Gasteiger partial charge on any atom is -0.371 e. The third-order valence-corrected chi connectivity index (χ3v) is 3.63. The van der Waals surface area contributed by atoms with Gasteiger partial charge in [-0.1, -0.05) is 26.7 Å². The standard InChI is InChI=1S/C16H22N2O2/c1-3-5-9-18(10-6-4-2)12-7-8-13-14(11-12)17-16(20)15(13)19/h7-8,11H,3-6,9-10H2,1-2H3,(H,17,19,20). The maximum atomic E-state index is 11.6. The summed E-state index contributed by atoms with van der Waals surface area (Å²) in [7, 11) is 0. The lowest BCUT2D eigenvalue weighted by Crippen LogP contribution is -2.25. The van der Waals surface area contributed by atoms with Crippen molar-refractivity contribution in [2.24, 2.45) is 0 Å². The zero-order valence-corrected chi connectivity index (χ0v) is 12.2. The second-order valence-electron chi connectivity index (χ2n) is 5.21. The van der Waals surface area contributed by atoms with Crippen molar-refractivity contribution in [2.75, 3.05) is 23.3 Å². The molecule has 1 aliphatic rings. The highest BCUT2D eigenvalue weighted by Gasteiger charge is 2.28. The summed E-state index contributed by atoms with van der Waals surface area (Å²) in [4.78, 5) is 25.3. The van der Waals surface area contributed by atoms with Crippen LogP contribution >= 0.6 is 0 Å². The molecule has 1 aromatic rings. The number of rotatable bonds is 7. The highest BCUT2D eigenvalue weighted by Crippen LogP contribution is 2.28. The molecule has 108 valence electrons. The van der Waals surface area contributed by atoms with Gasteiger partial charge in [0, 0.05) is 18.8 Å². The first-order chi connectivity index (χ1) is 9.67. The maximum Gasteiger partial charge on any atom is 0.296 e. The van der Waals surface area contributed by atoms with Gasteiger partial charge in [0.1, 0.15) is 0 Å². The summed E-state index contributed by atoms with van der Waals surface area (Å²) in [6.07, 6.45) is 4.60. The molecule has 0 aromatic heterocycles.